The fourth-order valence-corrected chi connectivity index (χ4v) is 3.37. The van der Waals surface area contributed by atoms with E-state index in [1.54, 1.807) is 0 Å². The first kappa shape index (κ1) is 19.1. The van der Waals surface area contributed by atoms with Crippen LogP contribution in [-0.4, -0.2) is 54.0 Å². The van der Waals surface area contributed by atoms with E-state index >= 15 is 0 Å². The minimum Gasteiger partial charge on any atom is -0.376 e. The molecule has 0 spiro atoms. The summed E-state index contributed by atoms with van der Waals surface area (Å²) in [5.74, 6) is 0.216. The third kappa shape index (κ3) is 4.28. The summed E-state index contributed by atoms with van der Waals surface area (Å²) >= 11 is 0. The predicted octanol–water partition coefficient (Wildman–Crippen LogP) is 2.64. The summed E-state index contributed by atoms with van der Waals surface area (Å²) in [5.41, 5.74) is 1.01. The highest BCUT2D eigenvalue weighted by Crippen LogP contribution is 2.24. The summed E-state index contributed by atoms with van der Waals surface area (Å²) in [6.07, 6.45) is 2.52. The number of hydrogen-bond acceptors (Lipinski definition) is 3. The van der Waals surface area contributed by atoms with Crippen LogP contribution in [0.5, 0.6) is 0 Å². The number of carbonyl (C=O) groups is 1. The molecule has 2 fully saturated rings. The van der Waals surface area contributed by atoms with Crippen LogP contribution in [0, 0.1) is 0 Å². The van der Waals surface area contributed by atoms with Crippen LogP contribution < -0.4 is 5.32 Å². The van der Waals surface area contributed by atoms with Crippen LogP contribution in [0.1, 0.15) is 19.8 Å². The monoisotopic (exact) mass is 345 g/mol. The molecule has 2 heterocycles. The molecule has 1 aromatic carbocycles. The van der Waals surface area contributed by atoms with Crippen molar-refractivity contribution in [1.82, 2.24) is 9.80 Å². The zero-order valence-corrected chi connectivity index (χ0v) is 14.5. The quantitative estimate of drug-likeness (QED) is 0.914. The van der Waals surface area contributed by atoms with Gasteiger partial charge in [0.15, 0.2) is 0 Å². The Morgan fingerprint density at radius 2 is 1.95 bits per heavy atom. The first-order valence-electron chi connectivity index (χ1n) is 7.56. The lowest BCUT2D eigenvalue weighted by atomic mass is 10.1. The SMILES string of the molecule is CC1CN2CCCC2CN1C(=O)CNc1ccccc1.Cl.Cl. The molecular formula is C16H25Cl2N3O. The van der Waals surface area contributed by atoms with Gasteiger partial charge >= 0.3 is 0 Å². The highest BCUT2D eigenvalue weighted by atomic mass is 35.5. The highest BCUT2D eigenvalue weighted by molar-refractivity contribution is 5.85. The Bertz CT molecular complexity index is 472. The van der Waals surface area contributed by atoms with Crippen molar-refractivity contribution in [2.45, 2.75) is 31.8 Å². The average molecular weight is 346 g/mol. The predicted molar refractivity (Wildman–Crippen MR) is 95.2 cm³/mol. The van der Waals surface area contributed by atoms with E-state index < -0.39 is 0 Å². The summed E-state index contributed by atoms with van der Waals surface area (Å²) in [6, 6.07) is 10.8. The van der Waals surface area contributed by atoms with Gasteiger partial charge in [0, 0.05) is 30.9 Å². The maximum absolute atomic E-state index is 12.4. The molecule has 4 nitrogen and oxygen atoms in total. The molecule has 2 aliphatic heterocycles. The summed E-state index contributed by atoms with van der Waals surface area (Å²) in [5, 5.41) is 3.22. The Hall–Kier alpha value is -0.970. The van der Waals surface area contributed by atoms with Gasteiger partial charge in [-0.3, -0.25) is 9.69 Å². The number of anilines is 1. The van der Waals surface area contributed by atoms with Crippen molar-refractivity contribution in [2.24, 2.45) is 0 Å². The van der Waals surface area contributed by atoms with E-state index in [-0.39, 0.29) is 30.7 Å². The number of benzene rings is 1. The molecule has 1 N–H and O–H groups in total. The van der Waals surface area contributed by atoms with Crippen molar-refractivity contribution in [3.8, 4) is 0 Å². The maximum Gasteiger partial charge on any atom is 0.242 e. The fraction of sp³-hybridized carbons (Fsp3) is 0.562. The number of rotatable bonds is 3. The molecule has 6 heteroatoms. The van der Waals surface area contributed by atoms with Gasteiger partial charge in [0.2, 0.25) is 5.91 Å². The lowest BCUT2D eigenvalue weighted by Crippen LogP contribution is -2.57. The van der Waals surface area contributed by atoms with E-state index in [9.17, 15) is 4.79 Å². The van der Waals surface area contributed by atoms with Crippen LogP contribution in [0.15, 0.2) is 30.3 Å². The Balaban J connectivity index is 0.00000121. The normalized spacial score (nSPS) is 24.0. The molecule has 1 aromatic rings. The van der Waals surface area contributed by atoms with Gasteiger partial charge in [0.1, 0.15) is 0 Å². The first-order valence-corrected chi connectivity index (χ1v) is 7.56. The Kier molecular flexibility index (Phi) is 7.46. The number of fused-ring (bicyclic) bond motifs is 1. The minimum atomic E-state index is 0. The molecule has 2 aliphatic rings. The molecule has 2 saturated heterocycles. The van der Waals surface area contributed by atoms with Crippen molar-refractivity contribution in [1.29, 1.82) is 0 Å². The van der Waals surface area contributed by atoms with E-state index in [1.165, 1.54) is 19.4 Å². The molecule has 2 atom stereocenters. The standard InChI is InChI=1S/C16H23N3O.2ClH/c1-13-11-18-9-5-8-15(18)12-19(13)16(20)10-17-14-6-3-2-4-7-14;;/h2-4,6-7,13,15,17H,5,8-12H2,1H3;2*1H. The highest BCUT2D eigenvalue weighted by Gasteiger charge is 2.36. The molecule has 0 radical (unpaired) electrons. The van der Waals surface area contributed by atoms with Crippen molar-refractivity contribution < 1.29 is 4.79 Å². The number of halogens is 2. The lowest BCUT2D eigenvalue weighted by Gasteiger charge is -2.42. The molecular weight excluding hydrogens is 321 g/mol. The molecule has 1 amide bonds. The van der Waals surface area contributed by atoms with E-state index in [0.717, 1.165) is 18.8 Å². The smallest absolute Gasteiger partial charge is 0.242 e. The summed E-state index contributed by atoms with van der Waals surface area (Å²) < 4.78 is 0. The number of para-hydroxylation sites is 1. The van der Waals surface area contributed by atoms with Gasteiger partial charge in [-0.05, 0) is 38.4 Å². The third-order valence-corrected chi connectivity index (χ3v) is 4.48. The molecule has 22 heavy (non-hydrogen) atoms. The number of amides is 1. The molecule has 0 bridgehead atoms. The minimum absolute atomic E-state index is 0. The summed E-state index contributed by atoms with van der Waals surface area (Å²) in [7, 11) is 0. The second-order valence-electron chi connectivity index (χ2n) is 5.91. The zero-order valence-electron chi connectivity index (χ0n) is 12.9. The largest absolute Gasteiger partial charge is 0.376 e. The van der Waals surface area contributed by atoms with Gasteiger partial charge in [-0.15, -0.1) is 24.8 Å². The second-order valence-corrected chi connectivity index (χ2v) is 5.91. The Labute approximate surface area is 145 Å². The second kappa shape index (κ2) is 8.61. The Morgan fingerprint density at radius 3 is 2.68 bits per heavy atom. The molecule has 0 aromatic heterocycles. The van der Waals surface area contributed by atoms with Crippen LogP contribution >= 0.6 is 24.8 Å². The van der Waals surface area contributed by atoms with Crippen molar-refractivity contribution in [3.05, 3.63) is 30.3 Å². The van der Waals surface area contributed by atoms with Crippen LogP contribution in [0.4, 0.5) is 5.69 Å². The van der Waals surface area contributed by atoms with Gasteiger partial charge in [0.25, 0.3) is 0 Å². The number of hydrogen-bond donors (Lipinski definition) is 1. The van der Waals surface area contributed by atoms with Crippen molar-refractivity contribution in [2.75, 3.05) is 31.5 Å². The van der Waals surface area contributed by atoms with Crippen LogP contribution in [-0.2, 0) is 4.79 Å². The zero-order chi connectivity index (χ0) is 13.9. The molecule has 2 unspecified atom stereocenters. The topological polar surface area (TPSA) is 35.6 Å². The van der Waals surface area contributed by atoms with Crippen LogP contribution in [0.2, 0.25) is 0 Å². The van der Waals surface area contributed by atoms with Crippen LogP contribution in [0.3, 0.4) is 0 Å². The number of nitrogens with one attached hydrogen (secondary N) is 1. The summed E-state index contributed by atoms with van der Waals surface area (Å²) in [6.45, 7) is 5.69. The number of nitrogens with zero attached hydrogens (tertiary/aromatic N) is 2. The van der Waals surface area contributed by atoms with Gasteiger partial charge in [-0.1, -0.05) is 18.2 Å². The molecule has 3 rings (SSSR count). The van der Waals surface area contributed by atoms with Gasteiger partial charge in [-0.2, -0.15) is 0 Å². The average Bonchev–Trinajstić information content (AvgIpc) is 2.92. The van der Waals surface area contributed by atoms with E-state index in [0.29, 0.717) is 18.6 Å². The van der Waals surface area contributed by atoms with Crippen molar-refractivity contribution >= 4 is 36.4 Å². The van der Waals surface area contributed by atoms with E-state index in [2.05, 4.69) is 22.0 Å². The Morgan fingerprint density at radius 1 is 1.23 bits per heavy atom. The van der Waals surface area contributed by atoms with E-state index in [4.69, 9.17) is 0 Å². The third-order valence-electron chi connectivity index (χ3n) is 4.48. The van der Waals surface area contributed by atoms with Gasteiger partial charge < -0.3 is 10.2 Å². The molecule has 0 aliphatic carbocycles. The van der Waals surface area contributed by atoms with Gasteiger partial charge in [-0.25, -0.2) is 0 Å². The maximum atomic E-state index is 12.4. The van der Waals surface area contributed by atoms with E-state index in [1.807, 2.05) is 30.3 Å². The number of piperazine rings is 1. The van der Waals surface area contributed by atoms with Crippen molar-refractivity contribution in [3.63, 3.8) is 0 Å². The summed E-state index contributed by atoms with van der Waals surface area (Å²) in [4.78, 5) is 17.0. The fourth-order valence-electron chi connectivity index (χ4n) is 3.37. The molecule has 0 saturated carbocycles. The van der Waals surface area contributed by atoms with Gasteiger partial charge in [0.05, 0.1) is 6.54 Å². The number of carbonyl (C=O) groups excluding carboxylic acids is 1. The molecule has 124 valence electrons. The van der Waals surface area contributed by atoms with Crippen LogP contribution in [0.25, 0.3) is 0 Å². The first-order chi connectivity index (χ1) is 9.74. The lowest BCUT2D eigenvalue weighted by molar-refractivity contribution is -0.134.